The van der Waals surface area contributed by atoms with E-state index in [4.69, 9.17) is 5.73 Å². The van der Waals surface area contributed by atoms with E-state index in [-0.39, 0.29) is 0 Å². The van der Waals surface area contributed by atoms with Crippen LogP contribution in [0.4, 0.5) is 5.82 Å². The number of nitrogens with one attached hydrogen (secondary N) is 1. The Bertz CT molecular complexity index is 339. The quantitative estimate of drug-likeness (QED) is 0.720. The van der Waals surface area contributed by atoms with E-state index in [2.05, 4.69) is 27.2 Å². The van der Waals surface area contributed by atoms with Gasteiger partial charge in [-0.2, -0.15) is 0 Å². The van der Waals surface area contributed by atoms with Gasteiger partial charge in [0.2, 0.25) is 0 Å². The molecule has 1 aromatic rings. The molecular formula is C10H17N5. The first-order valence-corrected chi connectivity index (χ1v) is 5.26. The van der Waals surface area contributed by atoms with E-state index in [1.807, 2.05) is 0 Å². The van der Waals surface area contributed by atoms with Gasteiger partial charge in [-0.3, -0.25) is 0 Å². The second-order valence-electron chi connectivity index (χ2n) is 3.85. The summed E-state index contributed by atoms with van der Waals surface area (Å²) in [5.74, 6) is 0.942. The van der Waals surface area contributed by atoms with Crippen LogP contribution < -0.4 is 11.1 Å². The number of fused-ring (bicyclic) bond motifs is 1. The lowest BCUT2D eigenvalue weighted by Crippen LogP contribution is -2.29. The molecule has 0 amide bonds. The van der Waals surface area contributed by atoms with Crippen LogP contribution in [0.1, 0.15) is 11.3 Å². The molecule has 0 radical (unpaired) electrons. The first-order chi connectivity index (χ1) is 7.31. The Hall–Kier alpha value is -1.20. The van der Waals surface area contributed by atoms with Crippen LogP contribution in [0.2, 0.25) is 0 Å². The van der Waals surface area contributed by atoms with Crippen molar-refractivity contribution in [2.75, 3.05) is 32.0 Å². The summed E-state index contributed by atoms with van der Waals surface area (Å²) < 4.78 is 0. The van der Waals surface area contributed by atoms with Crippen LogP contribution in [0.15, 0.2) is 6.33 Å². The van der Waals surface area contributed by atoms with Crippen molar-refractivity contribution >= 4 is 5.82 Å². The Labute approximate surface area is 89.7 Å². The second kappa shape index (κ2) is 4.55. The summed E-state index contributed by atoms with van der Waals surface area (Å²) in [7, 11) is 2.11. The molecule has 0 bridgehead atoms. The van der Waals surface area contributed by atoms with Crippen molar-refractivity contribution in [2.24, 2.45) is 5.73 Å². The molecule has 5 heteroatoms. The van der Waals surface area contributed by atoms with Crippen LogP contribution in [0.25, 0.3) is 0 Å². The van der Waals surface area contributed by atoms with E-state index >= 15 is 0 Å². The highest BCUT2D eigenvalue weighted by Gasteiger charge is 2.17. The summed E-state index contributed by atoms with van der Waals surface area (Å²) >= 11 is 0. The highest BCUT2D eigenvalue weighted by atomic mass is 15.1. The van der Waals surface area contributed by atoms with Crippen LogP contribution in [0.5, 0.6) is 0 Å². The number of aromatic nitrogens is 2. The van der Waals surface area contributed by atoms with Gasteiger partial charge in [-0.1, -0.05) is 0 Å². The number of rotatable bonds is 3. The van der Waals surface area contributed by atoms with Crippen molar-refractivity contribution in [1.29, 1.82) is 0 Å². The predicted octanol–water partition coefficient (Wildman–Crippen LogP) is -0.165. The van der Waals surface area contributed by atoms with Gasteiger partial charge in [0.05, 0.1) is 5.69 Å². The molecule has 1 aliphatic heterocycles. The fraction of sp³-hybridized carbons (Fsp3) is 0.600. The summed E-state index contributed by atoms with van der Waals surface area (Å²) in [5.41, 5.74) is 7.85. The number of nitrogens with two attached hydrogens (primary N) is 1. The van der Waals surface area contributed by atoms with Crippen molar-refractivity contribution in [3.8, 4) is 0 Å². The van der Waals surface area contributed by atoms with Gasteiger partial charge in [0.15, 0.2) is 0 Å². The molecule has 1 aromatic heterocycles. The summed E-state index contributed by atoms with van der Waals surface area (Å²) in [6.45, 7) is 3.37. The van der Waals surface area contributed by atoms with Gasteiger partial charge in [0.1, 0.15) is 12.1 Å². The molecule has 0 fully saturated rings. The zero-order valence-electron chi connectivity index (χ0n) is 9.03. The zero-order chi connectivity index (χ0) is 10.7. The van der Waals surface area contributed by atoms with Crippen molar-refractivity contribution < 1.29 is 0 Å². The van der Waals surface area contributed by atoms with E-state index in [1.165, 1.54) is 11.3 Å². The molecule has 1 aliphatic rings. The topological polar surface area (TPSA) is 67.1 Å². The fourth-order valence-corrected chi connectivity index (χ4v) is 1.82. The minimum absolute atomic E-state index is 0.620. The summed E-state index contributed by atoms with van der Waals surface area (Å²) in [6.07, 6.45) is 2.63. The maximum Gasteiger partial charge on any atom is 0.134 e. The average molecular weight is 207 g/mol. The number of anilines is 1. The van der Waals surface area contributed by atoms with Gasteiger partial charge in [-0.05, 0) is 7.05 Å². The Balaban J connectivity index is 2.23. The molecule has 0 saturated carbocycles. The molecule has 2 rings (SSSR count). The summed E-state index contributed by atoms with van der Waals surface area (Å²) in [6, 6.07) is 0. The third-order valence-electron chi connectivity index (χ3n) is 2.63. The molecule has 0 aromatic carbocycles. The Morgan fingerprint density at radius 1 is 1.53 bits per heavy atom. The normalized spacial score (nSPS) is 16.1. The molecule has 15 heavy (non-hydrogen) atoms. The average Bonchev–Trinajstić information content (AvgIpc) is 2.26. The highest BCUT2D eigenvalue weighted by Crippen LogP contribution is 2.21. The van der Waals surface area contributed by atoms with E-state index < -0.39 is 0 Å². The monoisotopic (exact) mass is 207 g/mol. The molecule has 0 aliphatic carbocycles. The molecule has 0 spiro atoms. The number of likely N-dealkylation sites (N-methyl/N-ethyl adjacent to an activating group) is 1. The molecule has 3 N–H and O–H groups in total. The fourth-order valence-electron chi connectivity index (χ4n) is 1.82. The second-order valence-corrected chi connectivity index (χ2v) is 3.85. The van der Waals surface area contributed by atoms with E-state index in [9.17, 15) is 0 Å². The lowest BCUT2D eigenvalue weighted by atomic mass is 10.1. The largest absolute Gasteiger partial charge is 0.368 e. The van der Waals surface area contributed by atoms with Gasteiger partial charge in [0.25, 0.3) is 0 Å². The minimum Gasteiger partial charge on any atom is -0.368 e. The lowest BCUT2D eigenvalue weighted by Gasteiger charge is -2.25. The van der Waals surface area contributed by atoms with Gasteiger partial charge in [0, 0.05) is 38.2 Å². The van der Waals surface area contributed by atoms with Gasteiger partial charge < -0.3 is 16.0 Å². The standard InChI is InChI=1S/C10H17N5/c1-15-5-2-9-8(6-15)10(12-4-3-11)14-7-13-9/h7H,2-6,11H2,1H3,(H,12,13,14). The van der Waals surface area contributed by atoms with Gasteiger partial charge in [-0.25, -0.2) is 9.97 Å². The SMILES string of the molecule is CN1CCc2ncnc(NCCN)c2C1. The van der Waals surface area contributed by atoms with Crippen molar-refractivity contribution in [1.82, 2.24) is 14.9 Å². The molecule has 5 nitrogen and oxygen atoms in total. The first-order valence-electron chi connectivity index (χ1n) is 5.26. The summed E-state index contributed by atoms with van der Waals surface area (Å²) in [5, 5.41) is 3.24. The Morgan fingerprint density at radius 3 is 3.20 bits per heavy atom. The van der Waals surface area contributed by atoms with Gasteiger partial charge in [-0.15, -0.1) is 0 Å². The molecule has 0 unspecified atom stereocenters. The van der Waals surface area contributed by atoms with E-state index in [0.29, 0.717) is 6.54 Å². The number of hydrogen-bond acceptors (Lipinski definition) is 5. The maximum absolute atomic E-state index is 5.46. The third kappa shape index (κ3) is 2.24. The van der Waals surface area contributed by atoms with E-state index in [1.54, 1.807) is 6.33 Å². The van der Waals surface area contributed by atoms with E-state index in [0.717, 1.165) is 31.9 Å². The molecular weight excluding hydrogens is 190 g/mol. The third-order valence-corrected chi connectivity index (χ3v) is 2.63. The lowest BCUT2D eigenvalue weighted by molar-refractivity contribution is 0.310. The number of nitrogens with zero attached hydrogens (tertiary/aromatic N) is 3. The van der Waals surface area contributed by atoms with Crippen LogP contribution in [-0.2, 0) is 13.0 Å². The molecule has 82 valence electrons. The number of hydrogen-bond donors (Lipinski definition) is 2. The summed E-state index contributed by atoms with van der Waals surface area (Å²) in [4.78, 5) is 10.9. The Kier molecular flexibility index (Phi) is 3.13. The van der Waals surface area contributed by atoms with Gasteiger partial charge >= 0.3 is 0 Å². The van der Waals surface area contributed by atoms with Crippen molar-refractivity contribution in [2.45, 2.75) is 13.0 Å². The van der Waals surface area contributed by atoms with Crippen LogP contribution in [-0.4, -0.2) is 41.5 Å². The molecule has 0 atom stereocenters. The Morgan fingerprint density at radius 2 is 2.40 bits per heavy atom. The minimum atomic E-state index is 0.620. The first kappa shape index (κ1) is 10.3. The molecule has 2 heterocycles. The smallest absolute Gasteiger partial charge is 0.134 e. The van der Waals surface area contributed by atoms with Crippen molar-refractivity contribution in [3.05, 3.63) is 17.6 Å². The van der Waals surface area contributed by atoms with Crippen molar-refractivity contribution in [3.63, 3.8) is 0 Å². The zero-order valence-corrected chi connectivity index (χ0v) is 9.03. The highest BCUT2D eigenvalue weighted by molar-refractivity contribution is 5.46. The van der Waals surface area contributed by atoms with Crippen LogP contribution in [0.3, 0.4) is 0 Å². The maximum atomic E-state index is 5.46. The van der Waals surface area contributed by atoms with Crippen LogP contribution in [0, 0.1) is 0 Å². The van der Waals surface area contributed by atoms with Crippen LogP contribution >= 0.6 is 0 Å². The molecule has 0 saturated heterocycles. The predicted molar refractivity (Wildman–Crippen MR) is 59.6 cm³/mol.